The van der Waals surface area contributed by atoms with Crippen molar-refractivity contribution in [2.45, 2.75) is 33.6 Å². The van der Waals surface area contributed by atoms with Gasteiger partial charge in [0.15, 0.2) is 12.4 Å². The molecule has 3 aromatic carbocycles. The van der Waals surface area contributed by atoms with Crippen molar-refractivity contribution in [1.29, 1.82) is 0 Å². The second-order valence-corrected chi connectivity index (χ2v) is 9.04. The van der Waals surface area contributed by atoms with Gasteiger partial charge >= 0.3 is 5.97 Å². The van der Waals surface area contributed by atoms with Gasteiger partial charge in [-0.2, -0.15) is 9.78 Å². The van der Waals surface area contributed by atoms with Crippen molar-refractivity contribution in [2.24, 2.45) is 5.10 Å². The largest absolute Gasteiger partial charge is 0.494 e. The van der Waals surface area contributed by atoms with Gasteiger partial charge < -0.3 is 14.2 Å². The van der Waals surface area contributed by atoms with Crippen LogP contribution in [0.15, 0.2) is 70.6 Å². The number of esters is 1. The lowest BCUT2D eigenvalue weighted by molar-refractivity contribution is -0.142. The number of methoxy groups -OCH3 is 1. The van der Waals surface area contributed by atoms with Crippen molar-refractivity contribution in [1.82, 2.24) is 9.66 Å². The van der Waals surface area contributed by atoms with Crippen molar-refractivity contribution in [2.75, 3.05) is 20.3 Å². The Kier molecular flexibility index (Phi) is 8.21. The smallest absolute Gasteiger partial charge is 0.343 e. The van der Waals surface area contributed by atoms with E-state index in [1.165, 1.54) is 11.8 Å². The van der Waals surface area contributed by atoms with Crippen LogP contribution in [0.2, 0.25) is 0 Å². The summed E-state index contributed by atoms with van der Waals surface area (Å²) in [7, 11) is 1.30. The molecule has 1 heterocycles. The number of benzene rings is 3. The van der Waals surface area contributed by atoms with Crippen LogP contribution in [0.5, 0.6) is 11.5 Å². The SMILES string of the molecule is CCOc1cc(C)c(-c2nc3ccccc3c(=O)n2N=Cc2cccc(OCC(=O)OC)c2)cc1C(C)C. The fourth-order valence-corrected chi connectivity index (χ4v) is 4.09. The van der Waals surface area contributed by atoms with Crippen LogP contribution in [-0.4, -0.2) is 42.2 Å². The molecule has 196 valence electrons. The van der Waals surface area contributed by atoms with Gasteiger partial charge in [-0.15, -0.1) is 0 Å². The number of carbonyl (C=O) groups excluding carboxylic acids is 1. The molecule has 0 saturated heterocycles. The molecule has 0 bridgehead atoms. The molecule has 0 amide bonds. The Morgan fingerprint density at radius 3 is 2.61 bits per heavy atom. The highest BCUT2D eigenvalue weighted by molar-refractivity contribution is 5.83. The molecule has 0 atom stereocenters. The average molecular weight is 514 g/mol. The highest BCUT2D eigenvalue weighted by Gasteiger charge is 2.18. The molecule has 8 heteroatoms. The molecule has 0 aliphatic heterocycles. The molecule has 8 nitrogen and oxygen atoms in total. The number of nitrogens with zero attached hydrogens (tertiary/aromatic N) is 3. The number of hydrogen-bond donors (Lipinski definition) is 0. The first-order valence-corrected chi connectivity index (χ1v) is 12.5. The van der Waals surface area contributed by atoms with Gasteiger partial charge in [0.05, 0.1) is 30.8 Å². The van der Waals surface area contributed by atoms with E-state index in [1.807, 2.05) is 44.2 Å². The third-order valence-corrected chi connectivity index (χ3v) is 6.04. The molecule has 4 rings (SSSR count). The van der Waals surface area contributed by atoms with Gasteiger partial charge in [0.1, 0.15) is 11.5 Å². The molecule has 0 aliphatic carbocycles. The zero-order valence-corrected chi connectivity index (χ0v) is 22.2. The van der Waals surface area contributed by atoms with E-state index in [2.05, 4.69) is 23.7 Å². The van der Waals surface area contributed by atoms with Crippen molar-refractivity contribution >= 4 is 23.1 Å². The maximum absolute atomic E-state index is 13.6. The van der Waals surface area contributed by atoms with Gasteiger partial charge in [0.25, 0.3) is 5.56 Å². The van der Waals surface area contributed by atoms with Crippen LogP contribution in [0.1, 0.15) is 43.4 Å². The fraction of sp³-hybridized carbons (Fsp3) is 0.267. The van der Waals surface area contributed by atoms with Gasteiger partial charge in [0.2, 0.25) is 0 Å². The normalized spacial score (nSPS) is 11.3. The van der Waals surface area contributed by atoms with Crippen LogP contribution in [0.25, 0.3) is 22.3 Å². The topological polar surface area (TPSA) is 92.0 Å². The summed E-state index contributed by atoms with van der Waals surface area (Å²) in [5.74, 6) is 1.46. The van der Waals surface area contributed by atoms with Crippen LogP contribution in [0.4, 0.5) is 0 Å². The van der Waals surface area contributed by atoms with Gasteiger partial charge in [-0.25, -0.2) is 9.78 Å². The van der Waals surface area contributed by atoms with Crippen LogP contribution < -0.4 is 15.0 Å². The predicted octanol–water partition coefficient (Wildman–Crippen LogP) is 5.33. The van der Waals surface area contributed by atoms with Crippen LogP contribution in [-0.2, 0) is 9.53 Å². The van der Waals surface area contributed by atoms with E-state index in [0.29, 0.717) is 34.6 Å². The van der Waals surface area contributed by atoms with Gasteiger partial charge in [-0.1, -0.05) is 38.1 Å². The summed E-state index contributed by atoms with van der Waals surface area (Å²) in [5, 5.41) is 5.04. The van der Waals surface area contributed by atoms with E-state index in [4.69, 9.17) is 14.5 Å². The Bertz CT molecular complexity index is 1560. The number of rotatable bonds is 9. The second-order valence-electron chi connectivity index (χ2n) is 9.04. The van der Waals surface area contributed by atoms with Crippen LogP contribution in [0, 0.1) is 6.92 Å². The summed E-state index contributed by atoms with van der Waals surface area (Å²) >= 11 is 0. The van der Waals surface area contributed by atoms with E-state index in [0.717, 1.165) is 22.4 Å². The monoisotopic (exact) mass is 513 g/mol. The Labute approximate surface area is 221 Å². The maximum Gasteiger partial charge on any atom is 0.343 e. The molecule has 0 radical (unpaired) electrons. The van der Waals surface area contributed by atoms with E-state index in [-0.39, 0.29) is 18.1 Å². The molecule has 0 spiro atoms. The van der Waals surface area contributed by atoms with Crippen molar-refractivity contribution in [3.05, 3.63) is 87.7 Å². The minimum Gasteiger partial charge on any atom is -0.494 e. The summed E-state index contributed by atoms with van der Waals surface area (Å²) in [4.78, 5) is 29.9. The van der Waals surface area contributed by atoms with Crippen molar-refractivity contribution in [3.8, 4) is 22.9 Å². The van der Waals surface area contributed by atoms with Crippen LogP contribution >= 0.6 is 0 Å². The summed E-state index contributed by atoms with van der Waals surface area (Å²) in [6, 6.07) is 18.3. The first kappa shape index (κ1) is 26.6. The van der Waals surface area contributed by atoms with Gasteiger partial charge in [-0.05, 0) is 72.9 Å². The number of fused-ring (bicyclic) bond motifs is 1. The van der Waals surface area contributed by atoms with E-state index >= 15 is 0 Å². The zero-order valence-electron chi connectivity index (χ0n) is 22.2. The third-order valence-electron chi connectivity index (χ3n) is 6.04. The number of carbonyl (C=O) groups is 1. The quantitative estimate of drug-likeness (QED) is 0.222. The lowest BCUT2D eigenvalue weighted by Gasteiger charge is -2.18. The Morgan fingerprint density at radius 1 is 1.08 bits per heavy atom. The Balaban J connectivity index is 1.84. The number of para-hydroxylation sites is 1. The Hall–Kier alpha value is -4.46. The number of aromatic nitrogens is 2. The van der Waals surface area contributed by atoms with Crippen molar-refractivity contribution in [3.63, 3.8) is 0 Å². The van der Waals surface area contributed by atoms with E-state index < -0.39 is 5.97 Å². The van der Waals surface area contributed by atoms with E-state index in [1.54, 1.807) is 36.5 Å². The molecular formula is C30H31N3O5. The minimum absolute atomic E-state index is 0.202. The highest BCUT2D eigenvalue weighted by Crippen LogP contribution is 2.34. The number of aryl methyl sites for hydroxylation is 1. The molecule has 0 unspecified atom stereocenters. The summed E-state index contributed by atoms with van der Waals surface area (Å²) < 4.78 is 17.3. The van der Waals surface area contributed by atoms with Gasteiger partial charge in [-0.3, -0.25) is 4.79 Å². The number of ether oxygens (including phenoxy) is 3. The fourth-order valence-electron chi connectivity index (χ4n) is 4.09. The lowest BCUT2D eigenvalue weighted by atomic mass is 9.96. The van der Waals surface area contributed by atoms with Crippen LogP contribution in [0.3, 0.4) is 0 Å². The molecule has 0 fully saturated rings. The molecular weight excluding hydrogens is 482 g/mol. The summed E-state index contributed by atoms with van der Waals surface area (Å²) in [6.07, 6.45) is 1.57. The first-order valence-electron chi connectivity index (χ1n) is 12.5. The number of hydrogen-bond acceptors (Lipinski definition) is 7. The molecule has 0 aliphatic rings. The molecule has 38 heavy (non-hydrogen) atoms. The molecule has 0 saturated carbocycles. The second kappa shape index (κ2) is 11.7. The Morgan fingerprint density at radius 2 is 1.87 bits per heavy atom. The van der Waals surface area contributed by atoms with Gasteiger partial charge in [0, 0.05) is 5.56 Å². The summed E-state index contributed by atoms with van der Waals surface area (Å²) in [5.41, 5.74) is 3.75. The first-order chi connectivity index (χ1) is 18.3. The van der Waals surface area contributed by atoms with E-state index in [9.17, 15) is 9.59 Å². The standard InChI is InChI=1S/C30H31N3O5/c1-6-37-27-14-20(4)25(16-24(27)19(2)3)29-32-26-13-8-7-12-23(26)30(35)33(29)31-17-21-10-9-11-22(15-21)38-18-28(34)36-5/h7-17,19H,6,18H2,1-5H3. The molecule has 0 N–H and O–H groups in total. The minimum atomic E-state index is -0.478. The average Bonchev–Trinajstić information content (AvgIpc) is 2.91. The zero-order chi connectivity index (χ0) is 27.2. The van der Waals surface area contributed by atoms with Crippen molar-refractivity contribution < 1.29 is 19.0 Å². The lowest BCUT2D eigenvalue weighted by Crippen LogP contribution is -2.21. The molecule has 4 aromatic rings. The maximum atomic E-state index is 13.6. The molecule has 1 aromatic heterocycles. The predicted molar refractivity (Wildman–Crippen MR) is 148 cm³/mol. The highest BCUT2D eigenvalue weighted by atomic mass is 16.6. The summed E-state index contributed by atoms with van der Waals surface area (Å²) in [6.45, 7) is 8.49. The third kappa shape index (κ3) is 5.75.